The first-order chi connectivity index (χ1) is 9.38. The maximum Gasteiger partial charge on any atom is 0.312 e. The summed E-state index contributed by atoms with van der Waals surface area (Å²) >= 11 is 0. The zero-order valence-electron chi connectivity index (χ0n) is 12.9. The van der Waals surface area contributed by atoms with E-state index in [4.69, 9.17) is 5.73 Å². The largest absolute Gasteiger partial charge is 0.352 e. The van der Waals surface area contributed by atoms with Crippen LogP contribution in [-0.2, 0) is 9.59 Å². The van der Waals surface area contributed by atoms with E-state index >= 15 is 0 Å². The lowest BCUT2D eigenvalue weighted by atomic mass is 10.1. The van der Waals surface area contributed by atoms with Crippen LogP contribution in [-0.4, -0.2) is 43.9 Å². The fourth-order valence-corrected chi connectivity index (χ4v) is 1.26. The van der Waals surface area contributed by atoms with Crippen molar-refractivity contribution < 1.29 is 14.4 Å². The Morgan fingerprint density at radius 3 is 2.10 bits per heavy atom. The number of carbonyl (C=O) groups is 3. The molecule has 0 aromatic heterocycles. The number of hydrogen-bond acceptors (Lipinski definition) is 4. The molecule has 20 heavy (non-hydrogen) atoms. The number of rotatable bonds is 8. The molecule has 0 unspecified atom stereocenters. The zero-order chi connectivity index (χ0) is 16.0. The molecular formula is C13H28N4O3. The molecule has 0 saturated heterocycles. The third kappa shape index (κ3) is 14.4. The molecule has 0 saturated carbocycles. The maximum atomic E-state index is 11.6. The third-order valence-electron chi connectivity index (χ3n) is 2.15. The first-order valence-corrected chi connectivity index (χ1v) is 6.86. The van der Waals surface area contributed by atoms with Gasteiger partial charge in [0.1, 0.15) is 5.78 Å². The molecule has 1 atom stereocenters. The van der Waals surface area contributed by atoms with Gasteiger partial charge in [-0.1, -0.05) is 20.3 Å². The van der Waals surface area contributed by atoms with Crippen molar-refractivity contribution in [3.8, 4) is 0 Å². The van der Waals surface area contributed by atoms with E-state index in [0.717, 1.165) is 0 Å². The minimum Gasteiger partial charge on any atom is -0.352 e. The van der Waals surface area contributed by atoms with Crippen molar-refractivity contribution in [3.63, 3.8) is 0 Å². The summed E-state index contributed by atoms with van der Waals surface area (Å²) in [4.78, 5) is 32.7. The van der Waals surface area contributed by atoms with Crippen molar-refractivity contribution in [2.75, 3.05) is 20.1 Å². The Morgan fingerprint density at radius 1 is 1.15 bits per heavy atom. The van der Waals surface area contributed by atoms with E-state index in [9.17, 15) is 14.4 Å². The number of likely N-dealkylation sites (N-methyl/N-ethyl adjacent to an activating group) is 1. The summed E-state index contributed by atoms with van der Waals surface area (Å²) in [7, 11) is 1.67. The summed E-state index contributed by atoms with van der Waals surface area (Å²) in [5.41, 5.74) is 4.90. The van der Waals surface area contributed by atoms with Gasteiger partial charge in [-0.25, -0.2) is 4.79 Å². The summed E-state index contributed by atoms with van der Waals surface area (Å²) < 4.78 is 0. The lowest BCUT2D eigenvalue weighted by Gasteiger charge is -2.15. The van der Waals surface area contributed by atoms with E-state index in [1.165, 1.54) is 13.3 Å². The van der Waals surface area contributed by atoms with Gasteiger partial charge in [0.05, 0.1) is 12.6 Å². The second-order valence-electron chi connectivity index (χ2n) is 4.40. The molecule has 5 N–H and O–H groups in total. The van der Waals surface area contributed by atoms with E-state index in [0.29, 0.717) is 19.4 Å². The highest BCUT2D eigenvalue weighted by molar-refractivity contribution is 5.87. The number of urea groups is 1. The Kier molecular flexibility index (Phi) is 14.3. The smallest absolute Gasteiger partial charge is 0.312 e. The lowest BCUT2D eigenvalue weighted by molar-refractivity contribution is -0.126. The van der Waals surface area contributed by atoms with Crippen LogP contribution in [0.4, 0.5) is 4.79 Å². The van der Waals surface area contributed by atoms with Gasteiger partial charge in [0.15, 0.2) is 0 Å². The third-order valence-corrected chi connectivity index (χ3v) is 2.15. The maximum absolute atomic E-state index is 11.6. The average Bonchev–Trinajstić information content (AvgIpc) is 2.36. The molecule has 3 amide bonds. The van der Waals surface area contributed by atoms with Crippen LogP contribution in [0.25, 0.3) is 0 Å². The summed E-state index contributed by atoms with van der Waals surface area (Å²) in [5.74, 6) is -0.314. The number of amides is 3. The van der Waals surface area contributed by atoms with Crippen molar-refractivity contribution in [3.05, 3.63) is 0 Å². The normalized spacial score (nSPS) is 10.8. The predicted molar refractivity (Wildman–Crippen MR) is 79.3 cm³/mol. The molecule has 0 radical (unpaired) electrons. The van der Waals surface area contributed by atoms with Crippen LogP contribution in [0.1, 0.15) is 40.0 Å². The molecule has 7 nitrogen and oxygen atoms in total. The molecule has 0 aromatic carbocycles. The Labute approximate surface area is 121 Å². The van der Waals surface area contributed by atoms with E-state index in [-0.39, 0.29) is 24.3 Å². The number of nitrogens with one attached hydrogen (secondary N) is 3. The van der Waals surface area contributed by atoms with E-state index in [2.05, 4.69) is 29.8 Å². The molecule has 0 rings (SSSR count). The predicted octanol–water partition coefficient (Wildman–Crippen LogP) is 0.144. The van der Waals surface area contributed by atoms with Crippen LogP contribution in [0.15, 0.2) is 0 Å². The first kappa shape index (κ1) is 20.7. The Balaban J connectivity index is 0. The number of primary amides is 1. The molecular weight excluding hydrogens is 260 g/mol. The first-order valence-electron chi connectivity index (χ1n) is 6.86. The van der Waals surface area contributed by atoms with Crippen molar-refractivity contribution in [2.45, 2.75) is 46.1 Å². The van der Waals surface area contributed by atoms with Crippen molar-refractivity contribution >= 4 is 17.7 Å². The second-order valence-corrected chi connectivity index (χ2v) is 4.40. The lowest BCUT2D eigenvalue weighted by Crippen LogP contribution is -2.44. The van der Waals surface area contributed by atoms with Gasteiger partial charge >= 0.3 is 6.03 Å². The van der Waals surface area contributed by atoms with Crippen molar-refractivity contribution in [1.29, 1.82) is 0 Å². The van der Waals surface area contributed by atoms with Crippen LogP contribution >= 0.6 is 0 Å². The SMILES string of the molecule is CCC.CN[C@@H](CCCNC(N)=O)C(=O)NCC(C)=O. The molecule has 0 aliphatic carbocycles. The zero-order valence-corrected chi connectivity index (χ0v) is 12.9. The highest BCUT2D eigenvalue weighted by Crippen LogP contribution is 1.96. The topological polar surface area (TPSA) is 113 Å². The van der Waals surface area contributed by atoms with E-state index in [1.54, 1.807) is 7.05 Å². The van der Waals surface area contributed by atoms with Gasteiger partial charge in [0.25, 0.3) is 0 Å². The van der Waals surface area contributed by atoms with Crippen LogP contribution in [0.5, 0.6) is 0 Å². The van der Waals surface area contributed by atoms with Crippen LogP contribution in [0, 0.1) is 0 Å². The molecule has 0 aliphatic rings. The monoisotopic (exact) mass is 288 g/mol. The van der Waals surface area contributed by atoms with E-state index < -0.39 is 6.03 Å². The van der Waals surface area contributed by atoms with Gasteiger partial charge < -0.3 is 21.7 Å². The molecule has 118 valence electrons. The Morgan fingerprint density at radius 2 is 1.70 bits per heavy atom. The molecule has 0 heterocycles. The van der Waals surface area contributed by atoms with Gasteiger partial charge in [-0.2, -0.15) is 0 Å². The fourth-order valence-electron chi connectivity index (χ4n) is 1.26. The van der Waals surface area contributed by atoms with Gasteiger partial charge in [-0.05, 0) is 26.8 Å². The van der Waals surface area contributed by atoms with Gasteiger partial charge in [-0.3, -0.25) is 9.59 Å². The molecule has 7 heteroatoms. The quantitative estimate of drug-likeness (QED) is 0.476. The molecule has 0 spiro atoms. The molecule has 0 aromatic rings. The Hall–Kier alpha value is -1.63. The summed E-state index contributed by atoms with van der Waals surface area (Å²) in [6, 6.07) is -0.948. The number of Topliss-reactive ketones (excluding diaryl/α,β-unsaturated/α-hetero) is 1. The number of nitrogens with two attached hydrogens (primary N) is 1. The van der Waals surface area contributed by atoms with Crippen LogP contribution in [0.2, 0.25) is 0 Å². The minimum atomic E-state index is -0.577. The summed E-state index contributed by atoms with van der Waals surface area (Å²) in [6.07, 6.45) is 2.43. The fraction of sp³-hybridized carbons (Fsp3) is 0.769. The number of ketones is 1. The number of carbonyl (C=O) groups excluding carboxylic acids is 3. The van der Waals surface area contributed by atoms with Crippen molar-refractivity contribution in [2.24, 2.45) is 5.73 Å². The summed E-state index contributed by atoms with van der Waals surface area (Å²) in [6.45, 7) is 6.12. The average molecular weight is 288 g/mol. The molecule has 0 bridgehead atoms. The van der Waals surface area contributed by atoms with Crippen LogP contribution < -0.4 is 21.7 Å². The highest BCUT2D eigenvalue weighted by Gasteiger charge is 2.15. The highest BCUT2D eigenvalue weighted by atomic mass is 16.2. The van der Waals surface area contributed by atoms with Crippen molar-refractivity contribution in [1.82, 2.24) is 16.0 Å². The van der Waals surface area contributed by atoms with Gasteiger partial charge in [-0.15, -0.1) is 0 Å². The molecule has 0 fully saturated rings. The Bertz CT molecular complexity index is 295. The van der Waals surface area contributed by atoms with Crippen LogP contribution in [0.3, 0.4) is 0 Å². The summed E-state index contributed by atoms with van der Waals surface area (Å²) in [5, 5.41) is 7.81. The molecule has 0 aliphatic heterocycles. The minimum absolute atomic E-state index is 0.0382. The van der Waals surface area contributed by atoms with Gasteiger partial charge in [0.2, 0.25) is 5.91 Å². The van der Waals surface area contributed by atoms with E-state index in [1.807, 2.05) is 0 Å². The second kappa shape index (κ2) is 13.8. The standard InChI is InChI=1S/C10H20N4O3.C3H8/c1-7(15)6-14-9(16)8(12-2)4-3-5-13-10(11)17;1-3-2/h8,12H,3-6H2,1-2H3,(H,14,16)(H3,11,13,17);3H2,1-2H3/t8-;/m0./s1. The van der Waals surface area contributed by atoms with Gasteiger partial charge in [0, 0.05) is 6.54 Å². The number of hydrogen-bond donors (Lipinski definition) is 4.